The molecular weight excluding hydrogens is 248 g/mol. The topological polar surface area (TPSA) is 18.5 Å². The molecule has 1 fully saturated rings. The van der Waals surface area contributed by atoms with Crippen molar-refractivity contribution in [2.45, 2.75) is 0 Å². The van der Waals surface area contributed by atoms with E-state index in [0.717, 1.165) is 37.9 Å². The van der Waals surface area contributed by atoms with E-state index in [1.165, 1.54) is 23.0 Å². The highest BCUT2D eigenvalue weighted by atomic mass is 32.2. The van der Waals surface area contributed by atoms with Crippen molar-refractivity contribution in [1.29, 1.82) is 0 Å². The van der Waals surface area contributed by atoms with Crippen LogP contribution >= 0.6 is 35.3 Å². The maximum Gasteiger partial charge on any atom is 0.0700 e. The molecule has 0 amide bonds. The van der Waals surface area contributed by atoms with Crippen molar-refractivity contribution in [2.75, 3.05) is 60.9 Å². The zero-order chi connectivity index (χ0) is 10.6. The molecule has 1 rings (SSSR count). The molecule has 1 aliphatic rings. The molecule has 0 aliphatic carbocycles. The van der Waals surface area contributed by atoms with Crippen molar-refractivity contribution in [3.05, 3.63) is 0 Å². The summed E-state index contributed by atoms with van der Waals surface area (Å²) in [7, 11) is 0. The molecule has 1 saturated heterocycles. The lowest BCUT2D eigenvalue weighted by molar-refractivity contribution is 0.0605. The van der Waals surface area contributed by atoms with Crippen LogP contribution in [0, 0.1) is 0 Å². The van der Waals surface area contributed by atoms with E-state index in [1.54, 1.807) is 0 Å². The number of hydrogen-bond acceptors (Lipinski definition) is 5. The van der Waals surface area contributed by atoms with Crippen molar-refractivity contribution >= 4 is 35.3 Å². The van der Waals surface area contributed by atoms with Crippen LogP contribution in [0.4, 0.5) is 0 Å². The van der Waals surface area contributed by atoms with E-state index in [4.69, 9.17) is 9.47 Å². The van der Waals surface area contributed by atoms with Gasteiger partial charge in [0.25, 0.3) is 0 Å². The maximum absolute atomic E-state index is 5.45. The molecule has 0 aromatic heterocycles. The molecule has 0 atom stereocenters. The summed E-state index contributed by atoms with van der Waals surface area (Å²) in [6.07, 6.45) is 0. The van der Waals surface area contributed by atoms with Gasteiger partial charge in [-0.05, 0) is 0 Å². The summed E-state index contributed by atoms with van der Waals surface area (Å²) in [5.74, 6) is 7.32. The van der Waals surface area contributed by atoms with Gasteiger partial charge in [0.2, 0.25) is 0 Å². The molecule has 1 aliphatic heterocycles. The average Bonchev–Trinajstić information content (AvgIpc) is 2.27. The Balaban J connectivity index is 2.01. The Kier molecular flexibility index (Phi) is 10.7. The molecule has 5 heteroatoms. The predicted octanol–water partition coefficient (Wildman–Crippen LogP) is 2.23. The zero-order valence-electron chi connectivity index (χ0n) is 9.11. The molecule has 1 heterocycles. The van der Waals surface area contributed by atoms with Crippen LogP contribution in [0.1, 0.15) is 0 Å². The highest BCUT2D eigenvalue weighted by Crippen LogP contribution is 2.10. The van der Waals surface area contributed by atoms with Crippen molar-refractivity contribution in [2.24, 2.45) is 0 Å². The summed E-state index contributed by atoms with van der Waals surface area (Å²) in [4.78, 5) is 0. The van der Waals surface area contributed by atoms with Crippen molar-refractivity contribution in [3.63, 3.8) is 0 Å². The molecular formula is C10H20O2S3. The van der Waals surface area contributed by atoms with Crippen LogP contribution in [-0.2, 0) is 9.47 Å². The van der Waals surface area contributed by atoms with E-state index in [9.17, 15) is 0 Å². The molecule has 0 spiro atoms. The van der Waals surface area contributed by atoms with Gasteiger partial charge in [0, 0.05) is 34.5 Å². The molecule has 0 aromatic rings. The first-order valence-electron chi connectivity index (χ1n) is 5.39. The maximum atomic E-state index is 5.45. The highest BCUT2D eigenvalue weighted by Gasteiger charge is 1.96. The summed E-state index contributed by atoms with van der Waals surface area (Å²) in [6.45, 7) is 3.24. The van der Waals surface area contributed by atoms with Crippen LogP contribution in [0.2, 0.25) is 0 Å². The Morgan fingerprint density at radius 2 is 0.867 bits per heavy atom. The third-order valence-corrected chi connectivity index (χ3v) is 5.26. The first-order valence-corrected chi connectivity index (χ1v) is 8.85. The lowest BCUT2D eigenvalue weighted by Gasteiger charge is -2.04. The van der Waals surface area contributed by atoms with Crippen LogP contribution in [0.3, 0.4) is 0 Å². The molecule has 15 heavy (non-hydrogen) atoms. The Morgan fingerprint density at radius 1 is 0.467 bits per heavy atom. The Morgan fingerprint density at radius 3 is 1.33 bits per heavy atom. The third kappa shape index (κ3) is 9.87. The quantitative estimate of drug-likeness (QED) is 0.669. The largest absolute Gasteiger partial charge is 0.378 e. The zero-order valence-corrected chi connectivity index (χ0v) is 11.6. The summed E-state index contributed by atoms with van der Waals surface area (Å²) >= 11 is 6.04. The van der Waals surface area contributed by atoms with E-state index < -0.39 is 0 Å². The van der Waals surface area contributed by atoms with E-state index in [0.29, 0.717) is 0 Å². The van der Waals surface area contributed by atoms with Crippen molar-refractivity contribution in [3.8, 4) is 0 Å². The van der Waals surface area contributed by atoms with Gasteiger partial charge in [0.05, 0.1) is 26.4 Å². The van der Waals surface area contributed by atoms with Crippen LogP contribution < -0.4 is 0 Å². The van der Waals surface area contributed by atoms with Gasteiger partial charge in [-0.3, -0.25) is 0 Å². The first-order chi connectivity index (χ1) is 7.50. The smallest absolute Gasteiger partial charge is 0.0700 e. The van der Waals surface area contributed by atoms with Crippen LogP contribution in [0.25, 0.3) is 0 Å². The molecule has 90 valence electrons. The fraction of sp³-hybridized carbons (Fsp3) is 1.00. The monoisotopic (exact) mass is 268 g/mol. The Labute approximate surface area is 106 Å². The van der Waals surface area contributed by atoms with Crippen LogP contribution in [-0.4, -0.2) is 60.9 Å². The highest BCUT2D eigenvalue weighted by molar-refractivity contribution is 8.04. The summed E-state index contributed by atoms with van der Waals surface area (Å²) in [5.41, 5.74) is 0. The Hall–Kier alpha value is 0.970. The van der Waals surface area contributed by atoms with E-state index >= 15 is 0 Å². The van der Waals surface area contributed by atoms with Gasteiger partial charge in [-0.25, -0.2) is 0 Å². The molecule has 2 nitrogen and oxygen atoms in total. The van der Waals surface area contributed by atoms with E-state index in [2.05, 4.69) is 11.8 Å². The standard InChI is InChI=1S/C10H20O2S3/c1-2-12-4-6-14-8-10-15-9-7-13-5-3-11-1/h1-10H2. The van der Waals surface area contributed by atoms with Gasteiger partial charge in [-0.2, -0.15) is 35.3 Å². The molecule has 0 unspecified atom stereocenters. The first kappa shape index (κ1) is 14.0. The van der Waals surface area contributed by atoms with Crippen LogP contribution in [0.5, 0.6) is 0 Å². The average molecular weight is 268 g/mol. The summed E-state index contributed by atoms with van der Waals surface area (Å²) in [5, 5.41) is 0. The molecule has 0 radical (unpaired) electrons. The lowest BCUT2D eigenvalue weighted by Crippen LogP contribution is -2.08. The van der Waals surface area contributed by atoms with Crippen molar-refractivity contribution < 1.29 is 9.47 Å². The number of hydrogen-bond donors (Lipinski definition) is 0. The summed E-state index contributed by atoms with van der Waals surface area (Å²) in [6, 6.07) is 0. The fourth-order valence-corrected chi connectivity index (χ4v) is 4.07. The predicted molar refractivity (Wildman–Crippen MR) is 73.6 cm³/mol. The number of thioether (sulfide) groups is 3. The van der Waals surface area contributed by atoms with Gasteiger partial charge in [0.15, 0.2) is 0 Å². The fourth-order valence-electron chi connectivity index (χ4n) is 1.10. The number of ether oxygens (including phenoxy) is 2. The minimum Gasteiger partial charge on any atom is -0.378 e. The number of rotatable bonds is 0. The second kappa shape index (κ2) is 11.5. The van der Waals surface area contributed by atoms with Gasteiger partial charge in [0.1, 0.15) is 0 Å². The van der Waals surface area contributed by atoms with Gasteiger partial charge >= 0.3 is 0 Å². The van der Waals surface area contributed by atoms with Gasteiger partial charge < -0.3 is 9.47 Å². The normalized spacial score (nSPS) is 24.0. The Bertz CT molecular complexity index is 77.2. The second-order valence-electron chi connectivity index (χ2n) is 3.06. The minimum atomic E-state index is 0.750. The van der Waals surface area contributed by atoms with Gasteiger partial charge in [-0.15, -0.1) is 0 Å². The van der Waals surface area contributed by atoms with Gasteiger partial charge in [-0.1, -0.05) is 0 Å². The summed E-state index contributed by atoms with van der Waals surface area (Å²) < 4.78 is 10.9. The SMILES string of the molecule is C1COCCSCCSCCSCCO1. The lowest BCUT2D eigenvalue weighted by atomic mass is 10.7. The third-order valence-electron chi connectivity index (χ3n) is 1.86. The van der Waals surface area contributed by atoms with E-state index in [1.807, 2.05) is 23.5 Å². The van der Waals surface area contributed by atoms with Crippen LogP contribution in [0.15, 0.2) is 0 Å². The minimum absolute atomic E-state index is 0.750. The van der Waals surface area contributed by atoms with Crippen molar-refractivity contribution in [1.82, 2.24) is 0 Å². The van der Waals surface area contributed by atoms with E-state index in [-0.39, 0.29) is 0 Å². The molecule has 0 saturated carbocycles. The second-order valence-corrected chi connectivity index (χ2v) is 6.74. The molecule has 0 bridgehead atoms. The molecule has 0 aromatic carbocycles. The molecule has 0 N–H and O–H groups in total.